The topological polar surface area (TPSA) is 84.0 Å². The SMILES string of the molecule is Cc1cc(C)cc(Nc2nc3ccccc3nc2NS(=O)(=O)c2ccc(Br)cc2)c1. The largest absolute Gasteiger partial charge is 0.337 e. The van der Waals surface area contributed by atoms with Gasteiger partial charge < -0.3 is 5.32 Å². The second-order valence-electron chi connectivity index (χ2n) is 6.97. The highest BCUT2D eigenvalue weighted by molar-refractivity contribution is 9.10. The normalized spacial score (nSPS) is 11.4. The van der Waals surface area contributed by atoms with Crippen LogP contribution in [0.2, 0.25) is 0 Å². The Hall–Kier alpha value is -2.97. The van der Waals surface area contributed by atoms with Gasteiger partial charge in [-0.1, -0.05) is 34.1 Å². The lowest BCUT2D eigenvalue weighted by molar-refractivity contribution is 0.601. The van der Waals surface area contributed by atoms with Crippen LogP contribution >= 0.6 is 15.9 Å². The molecule has 0 aliphatic heterocycles. The fourth-order valence-electron chi connectivity index (χ4n) is 3.14. The molecule has 1 aromatic heterocycles. The van der Waals surface area contributed by atoms with E-state index in [0.29, 0.717) is 16.9 Å². The molecule has 0 aliphatic carbocycles. The van der Waals surface area contributed by atoms with Crippen LogP contribution in [0.3, 0.4) is 0 Å². The minimum Gasteiger partial charge on any atom is -0.337 e. The van der Waals surface area contributed by atoms with Gasteiger partial charge in [0.05, 0.1) is 15.9 Å². The Morgan fingerprint density at radius 2 is 1.37 bits per heavy atom. The fourth-order valence-corrected chi connectivity index (χ4v) is 4.42. The molecule has 2 N–H and O–H groups in total. The smallest absolute Gasteiger partial charge is 0.263 e. The number of aromatic nitrogens is 2. The first-order chi connectivity index (χ1) is 14.3. The number of fused-ring (bicyclic) bond motifs is 1. The van der Waals surface area contributed by atoms with Crippen molar-refractivity contribution in [3.63, 3.8) is 0 Å². The average molecular weight is 483 g/mol. The van der Waals surface area contributed by atoms with Gasteiger partial charge in [-0.25, -0.2) is 18.4 Å². The Balaban J connectivity index is 1.79. The van der Waals surface area contributed by atoms with Crippen molar-refractivity contribution in [2.75, 3.05) is 10.0 Å². The van der Waals surface area contributed by atoms with E-state index >= 15 is 0 Å². The summed E-state index contributed by atoms with van der Waals surface area (Å²) in [5.74, 6) is 0.468. The van der Waals surface area contributed by atoms with Crippen LogP contribution in [0.25, 0.3) is 11.0 Å². The van der Waals surface area contributed by atoms with Crippen molar-refractivity contribution in [3.05, 3.63) is 82.3 Å². The average Bonchev–Trinajstić information content (AvgIpc) is 2.68. The molecule has 0 spiro atoms. The second kappa shape index (κ2) is 8.04. The number of aryl methyl sites for hydroxylation is 2. The molecule has 0 bridgehead atoms. The number of hydrogen-bond acceptors (Lipinski definition) is 5. The summed E-state index contributed by atoms with van der Waals surface area (Å²) in [4.78, 5) is 9.27. The molecule has 0 unspecified atom stereocenters. The maximum Gasteiger partial charge on any atom is 0.263 e. The number of sulfonamides is 1. The zero-order valence-corrected chi connectivity index (χ0v) is 18.8. The number of benzene rings is 3. The summed E-state index contributed by atoms with van der Waals surface area (Å²) >= 11 is 3.32. The number of para-hydroxylation sites is 2. The molecule has 3 aromatic carbocycles. The fraction of sp³-hybridized carbons (Fsp3) is 0.0909. The van der Waals surface area contributed by atoms with Gasteiger partial charge in [0.2, 0.25) is 0 Å². The first-order valence-corrected chi connectivity index (χ1v) is 11.5. The molecular weight excluding hydrogens is 464 g/mol. The molecule has 0 atom stereocenters. The van der Waals surface area contributed by atoms with Crippen molar-refractivity contribution >= 4 is 54.3 Å². The van der Waals surface area contributed by atoms with Gasteiger partial charge >= 0.3 is 0 Å². The third-order valence-corrected chi connectivity index (χ3v) is 6.29. The van der Waals surface area contributed by atoms with Crippen LogP contribution in [0.15, 0.2) is 76.1 Å². The van der Waals surface area contributed by atoms with Crippen molar-refractivity contribution in [2.24, 2.45) is 0 Å². The van der Waals surface area contributed by atoms with Crippen molar-refractivity contribution < 1.29 is 8.42 Å². The summed E-state index contributed by atoms with van der Waals surface area (Å²) in [7, 11) is -3.84. The summed E-state index contributed by atoms with van der Waals surface area (Å²) in [5.41, 5.74) is 4.24. The Morgan fingerprint density at radius 3 is 1.97 bits per heavy atom. The molecule has 152 valence electrons. The number of halogens is 1. The summed E-state index contributed by atoms with van der Waals surface area (Å²) in [5, 5.41) is 3.22. The minimum absolute atomic E-state index is 0.135. The van der Waals surface area contributed by atoms with Gasteiger partial charge in [0.1, 0.15) is 0 Å². The summed E-state index contributed by atoms with van der Waals surface area (Å²) < 4.78 is 29.3. The van der Waals surface area contributed by atoms with E-state index in [1.54, 1.807) is 18.2 Å². The lowest BCUT2D eigenvalue weighted by Gasteiger charge is -2.14. The summed E-state index contributed by atoms with van der Waals surface area (Å²) in [6.07, 6.45) is 0. The third-order valence-electron chi connectivity index (χ3n) is 4.41. The number of nitrogens with zero attached hydrogens (tertiary/aromatic N) is 2. The van der Waals surface area contributed by atoms with Crippen LogP contribution < -0.4 is 10.0 Å². The molecule has 4 aromatic rings. The van der Waals surface area contributed by atoms with E-state index in [9.17, 15) is 8.42 Å². The van der Waals surface area contributed by atoms with Crippen molar-refractivity contribution in [1.29, 1.82) is 0 Å². The van der Waals surface area contributed by atoms with Crippen molar-refractivity contribution in [1.82, 2.24) is 9.97 Å². The van der Waals surface area contributed by atoms with Crippen molar-refractivity contribution in [3.8, 4) is 0 Å². The van der Waals surface area contributed by atoms with Gasteiger partial charge in [-0.3, -0.25) is 4.72 Å². The van der Waals surface area contributed by atoms with E-state index in [2.05, 4.69) is 42.0 Å². The molecule has 4 rings (SSSR count). The van der Waals surface area contributed by atoms with Crippen LogP contribution in [0.4, 0.5) is 17.3 Å². The van der Waals surface area contributed by atoms with Gasteiger partial charge in [0, 0.05) is 10.2 Å². The van der Waals surface area contributed by atoms with E-state index in [0.717, 1.165) is 21.3 Å². The standard InChI is InChI=1S/C22H19BrN4O2S/c1-14-11-15(2)13-17(12-14)24-21-22(26-20-6-4-3-5-19(20)25-21)27-30(28,29)18-9-7-16(23)8-10-18/h3-13H,1-2H3,(H,24,25)(H,26,27). The molecule has 0 saturated carbocycles. The lowest BCUT2D eigenvalue weighted by atomic mass is 10.1. The predicted octanol–water partition coefficient (Wildman–Crippen LogP) is 5.55. The molecule has 6 nitrogen and oxygen atoms in total. The van der Waals surface area contributed by atoms with Gasteiger partial charge in [-0.15, -0.1) is 0 Å². The zero-order valence-electron chi connectivity index (χ0n) is 16.3. The highest BCUT2D eigenvalue weighted by atomic mass is 79.9. The van der Waals surface area contributed by atoms with Crippen LogP contribution in [-0.2, 0) is 10.0 Å². The van der Waals surface area contributed by atoms with Crippen LogP contribution in [0.5, 0.6) is 0 Å². The molecule has 1 heterocycles. The van der Waals surface area contributed by atoms with Gasteiger partial charge in [-0.2, -0.15) is 0 Å². The quantitative estimate of drug-likeness (QED) is 0.389. The predicted molar refractivity (Wildman–Crippen MR) is 124 cm³/mol. The molecule has 0 aliphatic rings. The number of rotatable bonds is 5. The van der Waals surface area contributed by atoms with Crippen molar-refractivity contribution in [2.45, 2.75) is 18.7 Å². The Kier molecular flexibility index (Phi) is 5.44. The number of anilines is 3. The minimum atomic E-state index is -3.84. The molecule has 0 fully saturated rings. The van der Waals surface area contributed by atoms with E-state index in [1.165, 1.54) is 12.1 Å². The Morgan fingerprint density at radius 1 is 0.800 bits per heavy atom. The van der Waals surface area contributed by atoms with Gasteiger partial charge in [-0.05, 0) is 73.5 Å². The lowest BCUT2D eigenvalue weighted by Crippen LogP contribution is -2.16. The highest BCUT2D eigenvalue weighted by Gasteiger charge is 2.19. The molecule has 8 heteroatoms. The molecule has 0 radical (unpaired) electrons. The first-order valence-electron chi connectivity index (χ1n) is 9.21. The first kappa shape index (κ1) is 20.3. The maximum absolute atomic E-state index is 12.9. The molecule has 0 amide bonds. The zero-order chi connectivity index (χ0) is 21.3. The van der Waals surface area contributed by atoms with E-state index < -0.39 is 10.0 Å². The molecule has 0 saturated heterocycles. The van der Waals surface area contributed by atoms with E-state index in [-0.39, 0.29) is 10.7 Å². The maximum atomic E-state index is 12.9. The Labute approximate surface area is 183 Å². The summed E-state index contributed by atoms with van der Waals surface area (Å²) in [6.45, 7) is 4.00. The number of nitrogens with one attached hydrogen (secondary N) is 2. The van der Waals surface area contributed by atoms with E-state index in [4.69, 9.17) is 0 Å². The van der Waals surface area contributed by atoms with Crippen LogP contribution in [-0.4, -0.2) is 18.4 Å². The van der Waals surface area contributed by atoms with Gasteiger partial charge in [0.15, 0.2) is 11.6 Å². The summed E-state index contributed by atoms with van der Waals surface area (Å²) in [6, 6.07) is 19.7. The third kappa shape index (κ3) is 4.44. The Bertz CT molecular complexity index is 1320. The second-order valence-corrected chi connectivity index (χ2v) is 9.57. The van der Waals surface area contributed by atoms with Crippen LogP contribution in [0.1, 0.15) is 11.1 Å². The monoisotopic (exact) mass is 482 g/mol. The molecule has 30 heavy (non-hydrogen) atoms. The van der Waals surface area contributed by atoms with E-state index in [1.807, 2.05) is 44.2 Å². The molecular formula is C22H19BrN4O2S. The van der Waals surface area contributed by atoms with Gasteiger partial charge in [0.25, 0.3) is 10.0 Å². The number of hydrogen-bond donors (Lipinski definition) is 2. The van der Waals surface area contributed by atoms with Crippen LogP contribution in [0, 0.1) is 13.8 Å². The highest BCUT2D eigenvalue weighted by Crippen LogP contribution is 2.28.